The van der Waals surface area contributed by atoms with Crippen LogP contribution in [0.4, 0.5) is 0 Å². The van der Waals surface area contributed by atoms with Crippen LogP contribution in [-0.4, -0.2) is 34.8 Å². The number of ether oxygens (including phenoxy) is 1. The number of aliphatic hydroxyl groups excluding tert-OH is 1. The molecule has 0 aliphatic carbocycles. The normalized spacial score (nSPS) is 21.7. The van der Waals surface area contributed by atoms with Gasteiger partial charge in [-0.25, -0.2) is 0 Å². The molecule has 3 atom stereocenters. The fraction of sp³-hybridized carbons (Fsp3) is 0.545. The fourth-order valence-corrected chi connectivity index (χ4v) is 5.98. The van der Waals surface area contributed by atoms with Crippen LogP contribution < -0.4 is 4.74 Å². The first-order valence-corrected chi connectivity index (χ1v) is 14.0. The van der Waals surface area contributed by atoms with Gasteiger partial charge in [-0.15, -0.1) is 0 Å². The number of likely N-dealkylation sites (tertiary alicyclic amines) is 1. The predicted octanol–water partition coefficient (Wildman–Crippen LogP) is 7.67. The molecule has 1 aromatic heterocycles. The molecule has 2 heterocycles. The van der Waals surface area contributed by atoms with Crippen LogP contribution in [0.25, 0.3) is 10.9 Å². The van der Waals surface area contributed by atoms with Gasteiger partial charge in [0.2, 0.25) is 6.23 Å². The van der Waals surface area contributed by atoms with Gasteiger partial charge in [0.25, 0.3) is 0 Å². The van der Waals surface area contributed by atoms with E-state index in [9.17, 15) is 5.11 Å². The van der Waals surface area contributed by atoms with E-state index < -0.39 is 6.23 Å². The molecule has 3 aromatic rings. The van der Waals surface area contributed by atoms with E-state index >= 15 is 0 Å². The third-order valence-electron chi connectivity index (χ3n) is 8.42. The van der Waals surface area contributed by atoms with Gasteiger partial charge in [0, 0.05) is 28.6 Å². The summed E-state index contributed by atoms with van der Waals surface area (Å²) in [5.41, 5.74) is 6.02. The molecule has 0 amide bonds. The number of benzene rings is 2. The highest BCUT2D eigenvalue weighted by Gasteiger charge is 2.42. The monoisotopic (exact) mass is 503 g/mol. The Morgan fingerprint density at radius 2 is 1.68 bits per heavy atom. The number of aliphatic hydroxyl groups is 1. The molecular weight excluding hydrogens is 456 g/mol. The van der Waals surface area contributed by atoms with Crippen LogP contribution in [0.3, 0.4) is 0 Å². The highest BCUT2D eigenvalue weighted by atomic mass is 16.5. The van der Waals surface area contributed by atoms with Crippen LogP contribution in [0.15, 0.2) is 48.7 Å². The topological polar surface area (TPSA) is 42.4 Å². The fourth-order valence-electron chi connectivity index (χ4n) is 5.98. The standard InChI is InChI=1S/C33H47N2O2/c1-9-23-11-10-16-35(21-23,22-24-17-25(32(2,3)4)19-26(18-24)33(5,6)7)31(36)28-14-15-34-30-13-12-27(37-8)20-29(28)30/h12-15,17-20,23,31,36H,9-11,16,21-22H2,1-8H3/q+1. The van der Waals surface area contributed by atoms with Gasteiger partial charge in [-0.05, 0) is 77.6 Å². The minimum atomic E-state index is -0.636. The van der Waals surface area contributed by atoms with Crippen molar-refractivity contribution >= 4 is 10.9 Å². The predicted molar refractivity (Wildman–Crippen MR) is 154 cm³/mol. The number of quaternary nitrogens is 1. The highest BCUT2D eigenvalue weighted by Crippen LogP contribution is 2.40. The first kappa shape index (κ1) is 27.6. The van der Waals surface area contributed by atoms with Gasteiger partial charge in [-0.2, -0.15) is 0 Å². The molecule has 1 aliphatic heterocycles. The Bertz CT molecular complexity index is 1210. The molecule has 2 aromatic carbocycles. The Morgan fingerprint density at radius 3 is 2.27 bits per heavy atom. The SMILES string of the molecule is CCC1CCC[N+](Cc2cc(C(C)(C)C)cc(C(C)(C)C)c2)(C(O)c2ccnc3ccc(OC)cc23)C1. The van der Waals surface area contributed by atoms with Gasteiger partial charge in [-0.3, -0.25) is 9.47 Å². The van der Waals surface area contributed by atoms with Gasteiger partial charge in [0.15, 0.2) is 0 Å². The zero-order valence-corrected chi connectivity index (χ0v) is 24.3. The number of hydrogen-bond donors (Lipinski definition) is 1. The number of aromatic nitrogens is 1. The lowest BCUT2D eigenvalue weighted by molar-refractivity contribution is -0.996. The van der Waals surface area contributed by atoms with E-state index in [1.807, 2.05) is 30.5 Å². The van der Waals surface area contributed by atoms with E-state index in [4.69, 9.17) is 4.74 Å². The van der Waals surface area contributed by atoms with Gasteiger partial charge in [0.1, 0.15) is 12.3 Å². The molecule has 1 aliphatic rings. The summed E-state index contributed by atoms with van der Waals surface area (Å²) in [4.78, 5) is 4.59. The maximum atomic E-state index is 12.3. The summed E-state index contributed by atoms with van der Waals surface area (Å²) in [7, 11) is 1.69. The Balaban J connectivity index is 1.85. The molecule has 0 bridgehead atoms. The molecule has 1 N–H and O–H groups in total. The summed E-state index contributed by atoms with van der Waals surface area (Å²) in [6.45, 7) is 18.8. The van der Waals surface area contributed by atoms with Crippen molar-refractivity contribution in [1.82, 2.24) is 4.98 Å². The maximum absolute atomic E-state index is 12.3. The number of hydrogen-bond acceptors (Lipinski definition) is 3. The zero-order valence-electron chi connectivity index (χ0n) is 24.3. The molecule has 3 unspecified atom stereocenters. The minimum absolute atomic E-state index is 0.0607. The molecule has 200 valence electrons. The molecule has 0 radical (unpaired) electrons. The van der Waals surface area contributed by atoms with Gasteiger partial charge in [-0.1, -0.05) is 54.5 Å². The van der Waals surface area contributed by atoms with E-state index in [1.165, 1.54) is 23.1 Å². The molecule has 4 rings (SSSR count). The second-order valence-corrected chi connectivity index (χ2v) is 13.3. The van der Waals surface area contributed by atoms with Gasteiger partial charge in [0.05, 0.1) is 25.7 Å². The quantitative estimate of drug-likeness (QED) is 0.351. The average molecular weight is 504 g/mol. The Morgan fingerprint density at radius 1 is 1.00 bits per heavy atom. The van der Waals surface area contributed by atoms with E-state index in [1.54, 1.807) is 7.11 Å². The number of pyridine rings is 1. The first-order valence-electron chi connectivity index (χ1n) is 14.0. The summed E-state index contributed by atoms with van der Waals surface area (Å²) in [5, 5.41) is 13.3. The van der Waals surface area contributed by atoms with Crippen LogP contribution in [-0.2, 0) is 17.4 Å². The summed E-state index contributed by atoms with van der Waals surface area (Å²) in [6, 6.07) is 15.1. The van der Waals surface area contributed by atoms with Crippen molar-refractivity contribution in [1.29, 1.82) is 0 Å². The average Bonchev–Trinajstić information content (AvgIpc) is 2.86. The first-order chi connectivity index (χ1) is 17.4. The second-order valence-electron chi connectivity index (χ2n) is 13.3. The van der Waals surface area contributed by atoms with E-state index in [0.29, 0.717) is 10.4 Å². The van der Waals surface area contributed by atoms with Crippen LogP contribution in [0.5, 0.6) is 5.75 Å². The van der Waals surface area contributed by atoms with Crippen molar-refractivity contribution in [2.45, 2.75) is 91.3 Å². The molecule has 0 spiro atoms. The minimum Gasteiger partial charge on any atom is -0.497 e. The van der Waals surface area contributed by atoms with E-state index in [-0.39, 0.29) is 10.8 Å². The van der Waals surface area contributed by atoms with Crippen molar-refractivity contribution in [3.05, 3.63) is 70.9 Å². The summed E-state index contributed by atoms with van der Waals surface area (Å²) >= 11 is 0. The van der Waals surface area contributed by atoms with Crippen molar-refractivity contribution < 1.29 is 14.3 Å². The van der Waals surface area contributed by atoms with Crippen LogP contribution in [0.2, 0.25) is 0 Å². The summed E-state index contributed by atoms with van der Waals surface area (Å²) < 4.78 is 6.19. The lowest BCUT2D eigenvalue weighted by Crippen LogP contribution is -2.55. The van der Waals surface area contributed by atoms with Crippen LogP contribution in [0, 0.1) is 5.92 Å². The Hall–Kier alpha value is -2.43. The Kier molecular flexibility index (Phi) is 7.74. The van der Waals surface area contributed by atoms with Gasteiger partial charge >= 0.3 is 0 Å². The molecular formula is C33H47N2O2+. The molecule has 4 heteroatoms. The van der Waals surface area contributed by atoms with Crippen molar-refractivity contribution in [2.75, 3.05) is 20.2 Å². The number of rotatable bonds is 6. The van der Waals surface area contributed by atoms with Crippen molar-refractivity contribution in [3.63, 3.8) is 0 Å². The smallest absolute Gasteiger partial charge is 0.218 e. The van der Waals surface area contributed by atoms with E-state index in [0.717, 1.165) is 54.7 Å². The van der Waals surface area contributed by atoms with Crippen molar-refractivity contribution in [3.8, 4) is 5.75 Å². The highest BCUT2D eigenvalue weighted by molar-refractivity contribution is 5.83. The van der Waals surface area contributed by atoms with Crippen LogP contribution in [0.1, 0.15) is 96.2 Å². The molecule has 4 nitrogen and oxygen atoms in total. The molecule has 1 fully saturated rings. The Labute approximate surface area is 224 Å². The summed E-state index contributed by atoms with van der Waals surface area (Å²) in [6.07, 6.45) is 4.72. The lowest BCUT2D eigenvalue weighted by atomic mass is 9.79. The second kappa shape index (κ2) is 10.4. The van der Waals surface area contributed by atoms with Crippen molar-refractivity contribution in [2.24, 2.45) is 5.92 Å². The van der Waals surface area contributed by atoms with Crippen LogP contribution >= 0.6 is 0 Å². The molecule has 0 saturated carbocycles. The van der Waals surface area contributed by atoms with E-state index in [2.05, 4.69) is 71.6 Å². The third-order valence-corrected chi connectivity index (χ3v) is 8.42. The zero-order chi connectivity index (χ0) is 27.0. The summed E-state index contributed by atoms with van der Waals surface area (Å²) in [5.74, 6) is 1.40. The molecule has 1 saturated heterocycles. The van der Waals surface area contributed by atoms with Gasteiger partial charge < -0.3 is 9.84 Å². The number of nitrogens with zero attached hydrogens (tertiary/aromatic N) is 2. The number of piperidine rings is 1. The lowest BCUT2D eigenvalue weighted by Gasteiger charge is -2.47. The number of methoxy groups -OCH3 is 1. The molecule has 37 heavy (non-hydrogen) atoms. The number of fused-ring (bicyclic) bond motifs is 1. The largest absolute Gasteiger partial charge is 0.497 e. The third kappa shape index (κ3) is 5.86. The maximum Gasteiger partial charge on any atom is 0.218 e.